The van der Waals surface area contributed by atoms with E-state index in [-0.39, 0.29) is 6.10 Å². The van der Waals surface area contributed by atoms with Crippen molar-refractivity contribution in [3.05, 3.63) is 52.3 Å². The molecule has 0 radical (unpaired) electrons. The lowest BCUT2D eigenvalue weighted by Gasteiger charge is -2.28. The number of morpholine rings is 1. The van der Waals surface area contributed by atoms with Gasteiger partial charge < -0.3 is 15.2 Å². The van der Waals surface area contributed by atoms with Crippen LogP contribution in [0.5, 0.6) is 0 Å². The summed E-state index contributed by atoms with van der Waals surface area (Å²) in [5.74, 6) is 0. The molecule has 27 heavy (non-hydrogen) atoms. The van der Waals surface area contributed by atoms with Crippen molar-refractivity contribution in [3.8, 4) is 0 Å². The van der Waals surface area contributed by atoms with Gasteiger partial charge in [-0.1, -0.05) is 29.8 Å². The highest BCUT2D eigenvalue weighted by Gasteiger charge is 2.16. The third kappa shape index (κ3) is 5.62. The predicted molar refractivity (Wildman–Crippen MR) is 107 cm³/mol. The summed E-state index contributed by atoms with van der Waals surface area (Å²) in [6.07, 6.45) is -0.369. The molecule has 1 saturated heterocycles. The van der Waals surface area contributed by atoms with Crippen molar-refractivity contribution in [2.75, 3.05) is 39.4 Å². The summed E-state index contributed by atoms with van der Waals surface area (Å²) in [6, 6.07) is 8.59. The Bertz CT molecular complexity index is 721. The van der Waals surface area contributed by atoms with Gasteiger partial charge >= 0.3 is 0 Å². The molecule has 1 aliphatic heterocycles. The fourth-order valence-corrected chi connectivity index (χ4v) is 3.52. The first kappa shape index (κ1) is 20.0. The number of aliphatic hydroxyl groups is 1. The molecule has 3 rings (SSSR count). The summed E-state index contributed by atoms with van der Waals surface area (Å²) in [6.45, 7) is 12.4. The second-order valence-corrected chi connectivity index (χ2v) is 7.49. The summed E-state index contributed by atoms with van der Waals surface area (Å²) in [5.41, 5.74) is 5.98. The van der Waals surface area contributed by atoms with Gasteiger partial charge in [0.2, 0.25) is 0 Å². The molecular weight excluding hydrogens is 340 g/mol. The number of ether oxygens (including phenoxy) is 1. The smallest absolute Gasteiger partial charge is 0.0791 e. The van der Waals surface area contributed by atoms with Crippen LogP contribution in [0.15, 0.2) is 24.3 Å². The van der Waals surface area contributed by atoms with E-state index in [1.165, 1.54) is 22.4 Å². The first-order valence-electron chi connectivity index (χ1n) is 9.80. The molecule has 2 heterocycles. The molecule has 0 bridgehead atoms. The Balaban J connectivity index is 1.51. The Morgan fingerprint density at radius 2 is 1.85 bits per heavy atom. The maximum Gasteiger partial charge on any atom is 0.0791 e. The van der Waals surface area contributed by atoms with E-state index in [1.807, 2.05) is 0 Å². The molecule has 1 atom stereocenters. The lowest BCUT2D eigenvalue weighted by atomic mass is 10.1. The number of rotatable bonds is 8. The Hall–Kier alpha value is -1.73. The summed E-state index contributed by atoms with van der Waals surface area (Å²) >= 11 is 0. The van der Waals surface area contributed by atoms with Gasteiger partial charge in [0, 0.05) is 44.0 Å². The first-order valence-corrected chi connectivity index (χ1v) is 9.80. The molecule has 148 valence electrons. The maximum atomic E-state index is 10.3. The van der Waals surface area contributed by atoms with E-state index in [9.17, 15) is 5.11 Å². The van der Waals surface area contributed by atoms with E-state index < -0.39 is 0 Å². The molecule has 2 N–H and O–H groups in total. The van der Waals surface area contributed by atoms with Crippen molar-refractivity contribution in [1.82, 2.24) is 20.0 Å². The Morgan fingerprint density at radius 1 is 1.15 bits per heavy atom. The molecule has 0 aliphatic carbocycles. The van der Waals surface area contributed by atoms with Crippen LogP contribution < -0.4 is 5.32 Å². The van der Waals surface area contributed by atoms with E-state index in [0.29, 0.717) is 13.1 Å². The Kier molecular flexibility index (Phi) is 7.01. The van der Waals surface area contributed by atoms with E-state index in [0.717, 1.165) is 45.1 Å². The van der Waals surface area contributed by atoms with Crippen LogP contribution in [0.1, 0.15) is 28.1 Å². The molecule has 6 heteroatoms. The van der Waals surface area contributed by atoms with Crippen LogP contribution >= 0.6 is 0 Å². The zero-order chi connectivity index (χ0) is 19.2. The number of aromatic nitrogens is 2. The van der Waals surface area contributed by atoms with Crippen molar-refractivity contribution >= 4 is 0 Å². The Labute approximate surface area is 162 Å². The number of β-amino-alcohol motifs (C(OH)–C–C–N with tert-alkyl or cyclic N) is 1. The lowest BCUT2D eigenvalue weighted by molar-refractivity contribution is 0.0149. The second kappa shape index (κ2) is 9.46. The number of aliphatic hydroxyl groups excluding tert-OH is 1. The topological polar surface area (TPSA) is 62.5 Å². The van der Waals surface area contributed by atoms with Crippen LogP contribution in [0.25, 0.3) is 0 Å². The third-order valence-corrected chi connectivity index (χ3v) is 5.24. The van der Waals surface area contributed by atoms with Gasteiger partial charge in [0.1, 0.15) is 0 Å². The third-order valence-electron chi connectivity index (χ3n) is 5.24. The van der Waals surface area contributed by atoms with Gasteiger partial charge in [-0.25, -0.2) is 0 Å². The predicted octanol–water partition coefficient (Wildman–Crippen LogP) is 1.64. The molecule has 0 unspecified atom stereocenters. The average molecular weight is 373 g/mol. The number of benzene rings is 1. The maximum absolute atomic E-state index is 10.3. The highest BCUT2D eigenvalue weighted by molar-refractivity contribution is 5.27. The van der Waals surface area contributed by atoms with Gasteiger partial charge in [0.25, 0.3) is 0 Å². The summed E-state index contributed by atoms with van der Waals surface area (Å²) in [4.78, 5) is 2.26. The van der Waals surface area contributed by atoms with Crippen LogP contribution in [0.4, 0.5) is 0 Å². The largest absolute Gasteiger partial charge is 0.390 e. The molecule has 0 spiro atoms. The van der Waals surface area contributed by atoms with Crippen molar-refractivity contribution in [1.29, 1.82) is 0 Å². The minimum atomic E-state index is -0.369. The van der Waals surface area contributed by atoms with Crippen LogP contribution in [0.2, 0.25) is 0 Å². The quantitative estimate of drug-likeness (QED) is 0.738. The average Bonchev–Trinajstić information content (AvgIpc) is 2.92. The molecule has 0 amide bonds. The van der Waals surface area contributed by atoms with Crippen molar-refractivity contribution in [2.45, 2.75) is 40.0 Å². The molecule has 6 nitrogen and oxygen atoms in total. The molecule has 2 aromatic rings. The highest BCUT2D eigenvalue weighted by atomic mass is 16.5. The van der Waals surface area contributed by atoms with Crippen LogP contribution in [-0.4, -0.2) is 65.3 Å². The minimum Gasteiger partial charge on any atom is -0.390 e. The molecule has 1 fully saturated rings. The van der Waals surface area contributed by atoms with Gasteiger partial charge in [-0.2, -0.15) is 5.10 Å². The molecular formula is C21H32N4O2. The zero-order valence-corrected chi connectivity index (χ0v) is 16.7. The summed E-state index contributed by atoms with van der Waals surface area (Å²) in [7, 11) is 0. The summed E-state index contributed by atoms with van der Waals surface area (Å²) < 4.78 is 7.42. The summed E-state index contributed by atoms with van der Waals surface area (Å²) in [5, 5.41) is 18.4. The number of aryl methyl sites for hydroxylation is 2. The van der Waals surface area contributed by atoms with E-state index in [4.69, 9.17) is 9.84 Å². The van der Waals surface area contributed by atoms with Gasteiger partial charge in [-0.15, -0.1) is 0 Å². The number of nitrogens with zero attached hydrogens (tertiary/aromatic N) is 3. The monoisotopic (exact) mass is 372 g/mol. The number of nitrogens with one attached hydrogen (secondary N) is 1. The highest BCUT2D eigenvalue weighted by Crippen LogP contribution is 2.15. The molecule has 0 saturated carbocycles. The van der Waals surface area contributed by atoms with Crippen LogP contribution in [0, 0.1) is 20.8 Å². The number of hydrogen-bond donors (Lipinski definition) is 2. The van der Waals surface area contributed by atoms with Crippen molar-refractivity contribution < 1.29 is 9.84 Å². The molecule has 1 aromatic heterocycles. The fourth-order valence-electron chi connectivity index (χ4n) is 3.52. The SMILES string of the molecule is Cc1ccc(Cn2nc(C)c(CNC[C@@H](O)CN3CCOCC3)c2C)cc1. The Morgan fingerprint density at radius 3 is 2.56 bits per heavy atom. The van der Waals surface area contributed by atoms with E-state index in [2.05, 4.69) is 59.9 Å². The normalized spacial score (nSPS) is 16.6. The zero-order valence-electron chi connectivity index (χ0n) is 16.7. The van der Waals surface area contributed by atoms with Gasteiger partial charge in [-0.05, 0) is 26.3 Å². The van der Waals surface area contributed by atoms with Gasteiger partial charge in [0.15, 0.2) is 0 Å². The first-order chi connectivity index (χ1) is 13.0. The molecule has 1 aliphatic rings. The van der Waals surface area contributed by atoms with E-state index in [1.54, 1.807) is 0 Å². The lowest BCUT2D eigenvalue weighted by Crippen LogP contribution is -2.43. The second-order valence-electron chi connectivity index (χ2n) is 7.49. The minimum absolute atomic E-state index is 0.369. The van der Waals surface area contributed by atoms with Crippen LogP contribution in [-0.2, 0) is 17.8 Å². The fraction of sp³-hybridized carbons (Fsp3) is 0.571. The standard InChI is InChI=1S/C21H32N4O2/c1-16-4-6-19(7-5-16)14-25-18(3)21(17(2)23-25)13-22-12-20(26)15-24-8-10-27-11-9-24/h4-7,20,22,26H,8-15H2,1-3H3/t20-/m1/s1. The van der Waals surface area contributed by atoms with E-state index >= 15 is 0 Å². The van der Waals surface area contributed by atoms with Crippen molar-refractivity contribution in [3.63, 3.8) is 0 Å². The van der Waals surface area contributed by atoms with Crippen LogP contribution in [0.3, 0.4) is 0 Å². The van der Waals surface area contributed by atoms with Gasteiger partial charge in [-0.3, -0.25) is 9.58 Å². The van der Waals surface area contributed by atoms with Crippen molar-refractivity contribution in [2.24, 2.45) is 0 Å². The molecule has 1 aromatic carbocycles. The number of hydrogen-bond acceptors (Lipinski definition) is 5. The van der Waals surface area contributed by atoms with Gasteiger partial charge in [0.05, 0.1) is 31.6 Å².